The van der Waals surface area contributed by atoms with Crippen molar-refractivity contribution in [3.8, 4) is 5.75 Å². The molecular formula is C16H23N3OSi. The molecule has 0 saturated heterocycles. The van der Waals surface area contributed by atoms with Crippen LogP contribution in [0.1, 0.15) is 24.1 Å². The first-order valence-corrected chi connectivity index (χ1v) is 10.6. The van der Waals surface area contributed by atoms with Gasteiger partial charge in [0.15, 0.2) is 0 Å². The maximum Gasteiger partial charge on any atom is 0.242 e. The third-order valence-corrected chi connectivity index (χ3v) is 3.79. The van der Waals surface area contributed by atoms with Crippen molar-refractivity contribution >= 4 is 14.5 Å². The summed E-state index contributed by atoms with van der Waals surface area (Å²) in [7, 11) is 0.277. The van der Waals surface area contributed by atoms with Crippen molar-refractivity contribution in [2.45, 2.75) is 32.6 Å². The summed E-state index contributed by atoms with van der Waals surface area (Å²) in [6, 6.07) is 8.21. The molecule has 112 valence electrons. The van der Waals surface area contributed by atoms with Gasteiger partial charge in [-0.25, -0.2) is 0 Å². The van der Waals surface area contributed by atoms with Crippen LogP contribution < -0.4 is 4.43 Å². The molecule has 0 radical (unpaired) electrons. The van der Waals surface area contributed by atoms with Gasteiger partial charge in [-0.2, -0.15) is 5.10 Å². The van der Waals surface area contributed by atoms with Crippen LogP contribution in [0.2, 0.25) is 19.6 Å². The molecule has 0 spiro atoms. The van der Waals surface area contributed by atoms with Gasteiger partial charge in [-0.1, -0.05) is 18.2 Å². The molecular weight excluding hydrogens is 278 g/mol. The van der Waals surface area contributed by atoms with Crippen LogP contribution in [0.4, 0.5) is 0 Å². The van der Waals surface area contributed by atoms with Crippen LogP contribution in [0.25, 0.3) is 0 Å². The van der Waals surface area contributed by atoms with E-state index in [1.807, 2.05) is 37.7 Å². The van der Waals surface area contributed by atoms with Crippen molar-refractivity contribution in [2.24, 2.45) is 12.0 Å². The molecule has 0 amide bonds. The smallest absolute Gasteiger partial charge is 0.242 e. The number of para-hydroxylation sites is 1. The molecule has 1 aromatic carbocycles. The number of aromatic nitrogens is 2. The minimum atomic E-state index is -1.62. The average molecular weight is 301 g/mol. The molecule has 2 aromatic rings. The number of aliphatic imine (C=N–C) groups is 1. The Kier molecular flexibility index (Phi) is 4.62. The van der Waals surface area contributed by atoms with Crippen LogP contribution in [0.15, 0.2) is 41.7 Å². The lowest BCUT2D eigenvalue weighted by Gasteiger charge is -2.22. The topological polar surface area (TPSA) is 39.4 Å². The molecule has 0 bridgehead atoms. The number of hydrogen-bond acceptors (Lipinski definition) is 3. The number of aryl methyl sites for hydroxylation is 1. The second-order valence-electron chi connectivity index (χ2n) is 6.15. The van der Waals surface area contributed by atoms with E-state index < -0.39 is 8.32 Å². The summed E-state index contributed by atoms with van der Waals surface area (Å²) in [5.74, 6) is 0.951. The summed E-state index contributed by atoms with van der Waals surface area (Å²) >= 11 is 0. The van der Waals surface area contributed by atoms with E-state index in [2.05, 4.69) is 42.7 Å². The van der Waals surface area contributed by atoms with Crippen LogP contribution in [0, 0.1) is 0 Å². The molecule has 5 heteroatoms. The van der Waals surface area contributed by atoms with Crippen molar-refractivity contribution in [3.63, 3.8) is 0 Å². The summed E-state index contributed by atoms with van der Waals surface area (Å²) < 4.78 is 7.93. The summed E-state index contributed by atoms with van der Waals surface area (Å²) in [5, 5.41) is 4.14. The highest BCUT2D eigenvalue weighted by Gasteiger charge is 2.19. The van der Waals surface area contributed by atoms with Crippen LogP contribution in [0.3, 0.4) is 0 Å². The Balaban J connectivity index is 2.19. The molecule has 21 heavy (non-hydrogen) atoms. The molecule has 1 aromatic heterocycles. The first-order valence-electron chi connectivity index (χ1n) is 7.15. The Labute approximate surface area is 127 Å². The van der Waals surface area contributed by atoms with Gasteiger partial charge >= 0.3 is 0 Å². The quantitative estimate of drug-likeness (QED) is 0.622. The molecule has 0 saturated carbocycles. The lowest BCUT2D eigenvalue weighted by molar-refractivity contribution is 0.543. The summed E-state index contributed by atoms with van der Waals surface area (Å²) in [6.07, 6.45) is 5.62. The van der Waals surface area contributed by atoms with E-state index in [1.54, 1.807) is 10.9 Å². The number of benzene rings is 1. The van der Waals surface area contributed by atoms with E-state index in [4.69, 9.17) is 4.43 Å². The monoisotopic (exact) mass is 301 g/mol. The Bertz CT molecular complexity index is 628. The summed E-state index contributed by atoms with van der Waals surface area (Å²) in [4.78, 5) is 4.63. The van der Waals surface area contributed by atoms with E-state index in [-0.39, 0.29) is 6.04 Å². The van der Waals surface area contributed by atoms with E-state index >= 15 is 0 Å². The number of rotatable bonds is 5. The maximum absolute atomic E-state index is 6.16. The van der Waals surface area contributed by atoms with Crippen LogP contribution >= 0.6 is 0 Å². The van der Waals surface area contributed by atoms with Crippen molar-refractivity contribution in [3.05, 3.63) is 47.8 Å². The lowest BCUT2D eigenvalue weighted by atomic mass is 10.1. The fraction of sp³-hybridized carbons (Fsp3) is 0.375. The fourth-order valence-corrected chi connectivity index (χ4v) is 2.88. The molecule has 0 fully saturated rings. The minimum absolute atomic E-state index is 0.0535. The van der Waals surface area contributed by atoms with Crippen LogP contribution in [-0.2, 0) is 7.05 Å². The van der Waals surface area contributed by atoms with Gasteiger partial charge in [0, 0.05) is 30.6 Å². The third kappa shape index (κ3) is 4.56. The van der Waals surface area contributed by atoms with Crippen molar-refractivity contribution in [1.29, 1.82) is 0 Å². The highest BCUT2D eigenvalue weighted by Crippen LogP contribution is 2.29. The molecule has 1 unspecified atom stereocenters. The first kappa shape index (κ1) is 15.5. The highest BCUT2D eigenvalue weighted by atomic mass is 28.4. The molecule has 1 atom stereocenters. The molecule has 0 N–H and O–H groups in total. The van der Waals surface area contributed by atoms with E-state index in [0.717, 1.165) is 16.9 Å². The largest absolute Gasteiger partial charge is 0.544 e. The van der Waals surface area contributed by atoms with Crippen LogP contribution in [-0.4, -0.2) is 24.3 Å². The second-order valence-corrected chi connectivity index (χ2v) is 10.6. The highest BCUT2D eigenvalue weighted by molar-refractivity contribution is 6.70. The predicted molar refractivity (Wildman–Crippen MR) is 89.6 cm³/mol. The van der Waals surface area contributed by atoms with E-state index in [0.29, 0.717) is 0 Å². The normalized spacial score (nSPS) is 13.6. The number of hydrogen-bond donors (Lipinski definition) is 0. The molecule has 4 nitrogen and oxygen atoms in total. The molecule has 0 aliphatic carbocycles. The minimum Gasteiger partial charge on any atom is -0.544 e. The zero-order chi connectivity index (χ0) is 15.5. The standard InChI is InChI=1S/C16H23N3OSi/c1-13(17-10-14-11-18-19(2)12-14)15-8-6-7-9-16(15)20-21(3,4)5/h6-13H,1-5H3. The SMILES string of the molecule is CC(N=Cc1cnn(C)c1)c1ccccc1O[Si](C)(C)C. The molecule has 0 aliphatic rings. The zero-order valence-electron chi connectivity index (χ0n) is 13.4. The van der Waals surface area contributed by atoms with Gasteiger partial charge in [-0.15, -0.1) is 0 Å². The fourth-order valence-electron chi connectivity index (χ4n) is 2.03. The molecule has 0 aliphatic heterocycles. The summed E-state index contributed by atoms with van der Waals surface area (Å²) in [6.45, 7) is 8.65. The van der Waals surface area contributed by atoms with Crippen LogP contribution in [0.5, 0.6) is 5.75 Å². The van der Waals surface area contributed by atoms with Crippen molar-refractivity contribution in [1.82, 2.24) is 9.78 Å². The third-order valence-electron chi connectivity index (χ3n) is 2.96. The van der Waals surface area contributed by atoms with Gasteiger partial charge in [0.25, 0.3) is 0 Å². The zero-order valence-corrected chi connectivity index (χ0v) is 14.4. The second kappa shape index (κ2) is 6.26. The lowest BCUT2D eigenvalue weighted by Crippen LogP contribution is -2.29. The van der Waals surface area contributed by atoms with Gasteiger partial charge in [0.05, 0.1) is 12.2 Å². The van der Waals surface area contributed by atoms with Gasteiger partial charge in [0.2, 0.25) is 8.32 Å². The Morgan fingerprint density at radius 1 is 1.29 bits per heavy atom. The first-order chi connectivity index (χ1) is 9.85. The van der Waals surface area contributed by atoms with Gasteiger partial charge in [-0.3, -0.25) is 9.67 Å². The van der Waals surface area contributed by atoms with Crippen molar-refractivity contribution in [2.75, 3.05) is 0 Å². The van der Waals surface area contributed by atoms with Crippen molar-refractivity contribution < 1.29 is 4.43 Å². The average Bonchev–Trinajstić information content (AvgIpc) is 2.80. The molecule has 1 heterocycles. The Morgan fingerprint density at radius 3 is 2.62 bits per heavy atom. The number of nitrogens with zero attached hydrogens (tertiary/aromatic N) is 3. The van der Waals surface area contributed by atoms with Gasteiger partial charge in [0.1, 0.15) is 5.75 Å². The Hall–Kier alpha value is -1.88. The Morgan fingerprint density at radius 2 is 2.00 bits per heavy atom. The molecule has 2 rings (SSSR count). The van der Waals surface area contributed by atoms with Gasteiger partial charge in [-0.05, 0) is 32.6 Å². The van der Waals surface area contributed by atoms with E-state index in [9.17, 15) is 0 Å². The predicted octanol–water partition coefficient (Wildman–Crippen LogP) is 3.81. The van der Waals surface area contributed by atoms with Gasteiger partial charge < -0.3 is 4.43 Å². The summed E-state index contributed by atoms with van der Waals surface area (Å²) in [5.41, 5.74) is 2.13. The van der Waals surface area contributed by atoms with E-state index in [1.165, 1.54) is 0 Å². The maximum atomic E-state index is 6.16.